The van der Waals surface area contributed by atoms with Gasteiger partial charge in [0.25, 0.3) is 10.1 Å². The van der Waals surface area contributed by atoms with Crippen molar-refractivity contribution in [2.45, 2.75) is 16.7 Å². The van der Waals surface area contributed by atoms with Gasteiger partial charge in [0.2, 0.25) is 0 Å². The van der Waals surface area contributed by atoms with Crippen LogP contribution < -0.4 is 5.73 Å². The van der Waals surface area contributed by atoms with Gasteiger partial charge >= 0.3 is 10.4 Å². The maximum absolute atomic E-state index is 12.1. The average Bonchev–Trinajstić information content (AvgIpc) is 2.61. The van der Waals surface area contributed by atoms with Crippen LogP contribution in [0.25, 0.3) is 0 Å². The number of azo groups is 1. The van der Waals surface area contributed by atoms with E-state index in [1.165, 1.54) is 37.3 Å². The van der Waals surface area contributed by atoms with Crippen LogP contribution in [0.15, 0.2) is 50.4 Å². The summed E-state index contributed by atoms with van der Waals surface area (Å²) in [4.78, 5) is -0.756. The Morgan fingerprint density at radius 2 is 1.61 bits per heavy atom. The van der Waals surface area contributed by atoms with Crippen molar-refractivity contribution in [2.75, 3.05) is 18.1 Å². The molecule has 0 aliphatic rings. The quantitative estimate of drug-likeness (QED) is 0.267. The summed E-state index contributed by atoms with van der Waals surface area (Å²) in [5.74, 6) is -0.699. The molecule has 0 spiro atoms. The first kappa shape index (κ1) is 25.1. The third-order valence-corrected chi connectivity index (χ3v) is 7.32. The number of rotatable bonds is 8. The molecule has 0 saturated carbocycles. The average molecular weight is 514 g/mol. The molecule has 2 rings (SSSR count). The number of benzene rings is 2. The van der Waals surface area contributed by atoms with E-state index in [-0.39, 0.29) is 32.5 Å². The van der Waals surface area contributed by atoms with Crippen molar-refractivity contribution in [3.05, 3.63) is 40.9 Å². The summed E-state index contributed by atoms with van der Waals surface area (Å²) in [6.45, 7) is 0.574. The predicted octanol–water partition coefficient (Wildman–Crippen LogP) is 2.49. The largest absolute Gasteiger partial charge is 0.397 e. The number of halogens is 1. The summed E-state index contributed by atoms with van der Waals surface area (Å²) in [5.41, 5.74) is 5.47. The van der Waals surface area contributed by atoms with Crippen molar-refractivity contribution >= 4 is 59.0 Å². The normalized spacial score (nSPS) is 13.0. The van der Waals surface area contributed by atoms with E-state index in [9.17, 15) is 29.8 Å². The van der Waals surface area contributed by atoms with Gasteiger partial charge in [0.15, 0.2) is 9.84 Å². The van der Waals surface area contributed by atoms with Crippen molar-refractivity contribution in [2.24, 2.45) is 10.2 Å². The number of sulfone groups is 1. The second-order valence-electron chi connectivity index (χ2n) is 5.98. The summed E-state index contributed by atoms with van der Waals surface area (Å²) < 4.78 is 90.1. The molecule has 0 aliphatic carbocycles. The maximum atomic E-state index is 12.1. The van der Waals surface area contributed by atoms with E-state index >= 15 is 0 Å². The standard InChI is InChI=1S/C15H16ClN3O9S3/c1-9-13(8-12(16)14(17)15(9)30(22,23)24)19-18-10-2-4-11(5-3-10)29(20,21)7-6-28-31(25,26)27/h2-5,8H,6-7,17H2,1H3,(H,22,23,24)(H,25,26,27). The van der Waals surface area contributed by atoms with Gasteiger partial charge in [-0.05, 0) is 42.8 Å². The lowest BCUT2D eigenvalue weighted by Crippen LogP contribution is -2.15. The number of nitrogens with two attached hydrogens (primary N) is 1. The first-order chi connectivity index (χ1) is 14.1. The number of anilines is 1. The molecule has 0 bridgehead atoms. The van der Waals surface area contributed by atoms with Crippen molar-refractivity contribution in [1.82, 2.24) is 0 Å². The lowest BCUT2D eigenvalue weighted by molar-refractivity contribution is 0.284. The third kappa shape index (κ3) is 6.67. The summed E-state index contributed by atoms with van der Waals surface area (Å²) >= 11 is 5.89. The molecular weight excluding hydrogens is 498 g/mol. The van der Waals surface area contributed by atoms with Gasteiger partial charge in [0.05, 0.1) is 39.3 Å². The Balaban J connectivity index is 2.27. The summed E-state index contributed by atoms with van der Waals surface area (Å²) in [7, 11) is -13.3. The van der Waals surface area contributed by atoms with Crippen LogP contribution >= 0.6 is 11.6 Å². The highest BCUT2D eigenvalue weighted by Gasteiger charge is 2.22. The summed E-state index contributed by atoms with van der Waals surface area (Å²) in [6.07, 6.45) is 0. The molecule has 16 heteroatoms. The van der Waals surface area contributed by atoms with Crippen LogP contribution in [0.1, 0.15) is 5.56 Å². The number of hydrogen-bond donors (Lipinski definition) is 3. The van der Waals surface area contributed by atoms with Crippen molar-refractivity contribution in [1.29, 1.82) is 0 Å². The topological polar surface area (TPSA) is 203 Å². The lowest BCUT2D eigenvalue weighted by Gasteiger charge is -2.10. The fraction of sp³-hybridized carbons (Fsp3) is 0.200. The van der Waals surface area contributed by atoms with E-state index in [0.29, 0.717) is 0 Å². The lowest BCUT2D eigenvalue weighted by atomic mass is 10.2. The van der Waals surface area contributed by atoms with Crippen LogP contribution in [0, 0.1) is 6.92 Å². The fourth-order valence-electron chi connectivity index (χ4n) is 2.37. The first-order valence-corrected chi connectivity index (χ1v) is 12.9. The molecule has 2 aromatic rings. The van der Waals surface area contributed by atoms with E-state index in [1.807, 2.05) is 0 Å². The number of nitrogen functional groups attached to an aromatic ring is 1. The van der Waals surface area contributed by atoms with Crippen molar-refractivity contribution < 1.29 is 38.5 Å². The van der Waals surface area contributed by atoms with Crippen molar-refractivity contribution in [3.63, 3.8) is 0 Å². The highest BCUT2D eigenvalue weighted by Crippen LogP contribution is 2.37. The van der Waals surface area contributed by atoms with Crippen LogP contribution in [0.5, 0.6) is 0 Å². The predicted molar refractivity (Wildman–Crippen MR) is 111 cm³/mol. The Kier molecular flexibility index (Phi) is 7.42. The minimum absolute atomic E-state index is 0.00545. The van der Waals surface area contributed by atoms with E-state index < -0.39 is 47.6 Å². The highest BCUT2D eigenvalue weighted by atomic mass is 35.5. The minimum Gasteiger partial charge on any atom is -0.396 e. The van der Waals surface area contributed by atoms with E-state index in [2.05, 4.69) is 14.4 Å². The second kappa shape index (κ2) is 9.15. The minimum atomic E-state index is -4.75. The molecule has 170 valence electrons. The van der Waals surface area contributed by atoms with Gasteiger partial charge in [0, 0.05) is 0 Å². The summed E-state index contributed by atoms with van der Waals surface area (Å²) in [5, 5.41) is 7.57. The molecule has 31 heavy (non-hydrogen) atoms. The van der Waals surface area contributed by atoms with Gasteiger partial charge in [-0.3, -0.25) is 9.11 Å². The Hall–Kier alpha value is -2.14. The fourth-order valence-corrected chi connectivity index (χ4v) is 4.99. The van der Waals surface area contributed by atoms with Gasteiger partial charge < -0.3 is 5.73 Å². The molecule has 2 aromatic carbocycles. The SMILES string of the molecule is Cc1c(N=Nc2ccc(S(=O)(=O)CCOS(=O)(=O)O)cc2)cc(Cl)c(N)c1S(=O)(=O)O. The maximum Gasteiger partial charge on any atom is 0.397 e. The molecule has 0 heterocycles. The smallest absolute Gasteiger partial charge is 0.396 e. The van der Waals surface area contributed by atoms with Crippen LogP contribution in [-0.2, 0) is 34.5 Å². The Morgan fingerprint density at radius 1 is 1.03 bits per heavy atom. The van der Waals surface area contributed by atoms with E-state index in [1.54, 1.807) is 0 Å². The molecule has 0 aliphatic heterocycles. The zero-order chi connectivity index (χ0) is 23.6. The van der Waals surface area contributed by atoms with Gasteiger partial charge in [-0.25, -0.2) is 12.6 Å². The Labute approximate surface area is 183 Å². The zero-order valence-electron chi connectivity index (χ0n) is 15.6. The van der Waals surface area contributed by atoms with Gasteiger partial charge in [-0.15, -0.1) is 0 Å². The molecule has 0 amide bonds. The van der Waals surface area contributed by atoms with Gasteiger partial charge in [0.1, 0.15) is 4.90 Å². The first-order valence-electron chi connectivity index (χ1n) is 8.04. The molecule has 12 nitrogen and oxygen atoms in total. The molecule has 0 aromatic heterocycles. The molecule has 0 saturated heterocycles. The van der Waals surface area contributed by atoms with Crippen LogP contribution in [0.4, 0.5) is 17.1 Å². The Bertz CT molecular complexity index is 1340. The highest BCUT2D eigenvalue weighted by molar-refractivity contribution is 7.91. The van der Waals surface area contributed by atoms with E-state index in [0.717, 1.165) is 0 Å². The molecule has 0 radical (unpaired) electrons. The van der Waals surface area contributed by atoms with Crippen LogP contribution in [0.2, 0.25) is 5.02 Å². The van der Waals surface area contributed by atoms with Gasteiger partial charge in [-0.1, -0.05) is 11.6 Å². The monoisotopic (exact) mass is 513 g/mol. The van der Waals surface area contributed by atoms with E-state index in [4.69, 9.17) is 21.9 Å². The zero-order valence-corrected chi connectivity index (χ0v) is 18.8. The van der Waals surface area contributed by atoms with Crippen LogP contribution in [-0.4, -0.2) is 46.7 Å². The van der Waals surface area contributed by atoms with Crippen LogP contribution in [0.3, 0.4) is 0 Å². The number of hydrogen-bond acceptors (Lipinski definition) is 10. The molecule has 0 fully saturated rings. The molecular formula is C15H16ClN3O9S3. The number of nitrogens with zero attached hydrogens (tertiary/aromatic N) is 2. The molecule has 4 N–H and O–H groups in total. The summed E-state index contributed by atoms with van der Waals surface area (Å²) in [6, 6.07) is 6.20. The second-order valence-corrected chi connectivity index (χ2v) is 10.9. The van der Waals surface area contributed by atoms with Crippen molar-refractivity contribution in [3.8, 4) is 0 Å². The molecule has 0 atom stereocenters. The molecule has 0 unspecified atom stereocenters. The third-order valence-electron chi connectivity index (χ3n) is 3.80. The van der Waals surface area contributed by atoms with Gasteiger partial charge in [-0.2, -0.15) is 27.1 Å². The Morgan fingerprint density at radius 3 is 2.13 bits per heavy atom.